The average molecular weight is 424 g/mol. The number of hydrogen-bond donors (Lipinski definition) is 1. The maximum absolute atomic E-state index is 10.7. The molecule has 0 aliphatic carbocycles. The molecular formula is C28H24O4. The van der Waals surface area contributed by atoms with E-state index >= 15 is 0 Å². The number of aryl methyl sites for hydroxylation is 1. The third kappa shape index (κ3) is 5.35. The first-order valence-corrected chi connectivity index (χ1v) is 10.4. The molecule has 0 spiro atoms. The van der Waals surface area contributed by atoms with Gasteiger partial charge in [-0.1, -0.05) is 60.7 Å². The molecule has 160 valence electrons. The molecule has 0 fully saturated rings. The van der Waals surface area contributed by atoms with E-state index in [0.29, 0.717) is 18.1 Å². The molecule has 0 saturated heterocycles. The summed E-state index contributed by atoms with van der Waals surface area (Å²) in [6, 6.07) is 32.5. The summed E-state index contributed by atoms with van der Waals surface area (Å²) in [6.45, 7) is 1.92. The Hall–Kier alpha value is -4.05. The molecule has 0 aliphatic heterocycles. The Bertz CT molecular complexity index is 1140. The molecule has 0 atom stereocenters. The van der Waals surface area contributed by atoms with Crippen LogP contribution in [0.5, 0.6) is 11.5 Å². The van der Waals surface area contributed by atoms with Gasteiger partial charge in [0.15, 0.2) is 6.61 Å². The van der Waals surface area contributed by atoms with Crippen LogP contribution in [0.3, 0.4) is 0 Å². The van der Waals surface area contributed by atoms with E-state index in [1.165, 1.54) is 0 Å². The molecule has 0 saturated carbocycles. The molecule has 0 aliphatic rings. The molecule has 0 aromatic heterocycles. The Labute approximate surface area is 187 Å². The molecule has 0 bridgehead atoms. The largest absolute Gasteiger partial charge is 0.489 e. The van der Waals surface area contributed by atoms with Crippen molar-refractivity contribution < 1.29 is 19.4 Å². The van der Waals surface area contributed by atoms with E-state index in [2.05, 4.69) is 42.5 Å². The van der Waals surface area contributed by atoms with E-state index in [1.807, 2.05) is 49.4 Å². The Balaban J connectivity index is 1.58. The Morgan fingerprint density at radius 2 is 1.31 bits per heavy atom. The number of aliphatic carboxylic acids is 1. The minimum Gasteiger partial charge on any atom is -0.489 e. The lowest BCUT2D eigenvalue weighted by Crippen LogP contribution is -2.10. The number of ether oxygens (including phenoxy) is 2. The molecule has 4 aromatic rings. The maximum Gasteiger partial charge on any atom is 0.341 e. The SMILES string of the molecule is Cc1cc(OCc2cc(-c3ccccc3)cc(-c3ccccc3)c2)ccc1OCC(=O)O. The molecule has 0 radical (unpaired) electrons. The fourth-order valence-electron chi connectivity index (χ4n) is 3.55. The topological polar surface area (TPSA) is 55.8 Å². The second-order valence-corrected chi connectivity index (χ2v) is 7.55. The highest BCUT2D eigenvalue weighted by atomic mass is 16.5. The van der Waals surface area contributed by atoms with Gasteiger partial charge in [-0.25, -0.2) is 4.79 Å². The second kappa shape index (κ2) is 9.84. The van der Waals surface area contributed by atoms with Crippen LogP contribution < -0.4 is 9.47 Å². The minimum absolute atomic E-state index is 0.365. The fourth-order valence-corrected chi connectivity index (χ4v) is 3.55. The smallest absolute Gasteiger partial charge is 0.341 e. The van der Waals surface area contributed by atoms with Crippen LogP contribution in [0, 0.1) is 6.92 Å². The van der Waals surface area contributed by atoms with Gasteiger partial charge in [0.2, 0.25) is 0 Å². The zero-order chi connectivity index (χ0) is 22.3. The molecule has 4 nitrogen and oxygen atoms in total. The zero-order valence-electron chi connectivity index (χ0n) is 17.8. The number of hydrogen-bond acceptors (Lipinski definition) is 3. The lowest BCUT2D eigenvalue weighted by Gasteiger charge is -2.13. The summed E-state index contributed by atoms with van der Waals surface area (Å²) in [6.07, 6.45) is 0. The summed E-state index contributed by atoms with van der Waals surface area (Å²) >= 11 is 0. The Morgan fingerprint density at radius 1 is 0.719 bits per heavy atom. The monoisotopic (exact) mass is 424 g/mol. The number of rotatable bonds is 8. The van der Waals surface area contributed by atoms with Crippen molar-refractivity contribution in [3.63, 3.8) is 0 Å². The van der Waals surface area contributed by atoms with E-state index in [-0.39, 0.29) is 6.61 Å². The van der Waals surface area contributed by atoms with Crippen LogP contribution in [-0.4, -0.2) is 17.7 Å². The van der Waals surface area contributed by atoms with Crippen LogP contribution in [0.1, 0.15) is 11.1 Å². The van der Waals surface area contributed by atoms with Crippen molar-refractivity contribution in [2.24, 2.45) is 0 Å². The summed E-state index contributed by atoms with van der Waals surface area (Å²) in [5.41, 5.74) is 6.48. The van der Waals surface area contributed by atoms with E-state index in [9.17, 15) is 4.79 Å². The molecule has 0 heterocycles. The van der Waals surface area contributed by atoms with E-state index in [4.69, 9.17) is 14.6 Å². The van der Waals surface area contributed by atoms with Crippen molar-refractivity contribution in [3.8, 4) is 33.8 Å². The van der Waals surface area contributed by atoms with E-state index in [1.54, 1.807) is 12.1 Å². The first kappa shape index (κ1) is 21.2. The summed E-state index contributed by atoms with van der Waals surface area (Å²) < 4.78 is 11.4. The summed E-state index contributed by atoms with van der Waals surface area (Å²) in [5, 5.41) is 8.79. The molecular weight excluding hydrogens is 400 g/mol. The lowest BCUT2D eigenvalue weighted by molar-refractivity contribution is -0.139. The fraction of sp³-hybridized carbons (Fsp3) is 0.107. The normalized spacial score (nSPS) is 10.5. The van der Waals surface area contributed by atoms with Crippen molar-refractivity contribution in [2.45, 2.75) is 13.5 Å². The van der Waals surface area contributed by atoms with Crippen molar-refractivity contribution in [1.82, 2.24) is 0 Å². The first-order valence-electron chi connectivity index (χ1n) is 10.4. The van der Waals surface area contributed by atoms with Crippen molar-refractivity contribution in [1.29, 1.82) is 0 Å². The molecule has 4 heteroatoms. The van der Waals surface area contributed by atoms with Crippen LogP contribution in [-0.2, 0) is 11.4 Å². The van der Waals surface area contributed by atoms with Crippen LogP contribution in [0.4, 0.5) is 0 Å². The highest BCUT2D eigenvalue weighted by molar-refractivity contribution is 5.74. The average Bonchev–Trinajstić information content (AvgIpc) is 2.83. The van der Waals surface area contributed by atoms with Gasteiger partial charge in [0, 0.05) is 0 Å². The first-order chi connectivity index (χ1) is 15.6. The highest BCUT2D eigenvalue weighted by Crippen LogP contribution is 2.29. The Kier molecular flexibility index (Phi) is 6.52. The molecule has 1 N–H and O–H groups in total. The highest BCUT2D eigenvalue weighted by Gasteiger charge is 2.08. The van der Waals surface area contributed by atoms with Gasteiger partial charge in [-0.15, -0.1) is 0 Å². The van der Waals surface area contributed by atoms with Crippen LogP contribution in [0.15, 0.2) is 97.1 Å². The summed E-state index contributed by atoms with van der Waals surface area (Å²) in [7, 11) is 0. The van der Waals surface area contributed by atoms with Gasteiger partial charge in [-0.05, 0) is 76.7 Å². The minimum atomic E-state index is -1.00. The van der Waals surface area contributed by atoms with Gasteiger partial charge in [-0.2, -0.15) is 0 Å². The van der Waals surface area contributed by atoms with E-state index in [0.717, 1.165) is 33.4 Å². The number of carboxylic acids is 1. The van der Waals surface area contributed by atoms with Crippen molar-refractivity contribution in [3.05, 3.63) is 108 Å². The Morgan fingerprint density at radius 3 is 1.84 bits per heavy atom. The predicted octanol–water partition coefficient (Wildman–Crippen LogP) is 6.37. The van der Waals surface area contributed by atoms with Crippen LogP contribution >= 0.6 is 0 Å². The third-order valence-electron chi connectivity index (χ3n) is 5.11. The predicted molar refractivity (Wildman–Crippen MR) is 126 cm³/mol. The van der Waals surface area contributed by atoms with Gasteiger partial charge in [-0.3, -0.25) is 0 Å². The second-order valence-electron chi connectivity index (χ2n) is 7.55. The van der Waals surface area contributed by atoms with Gasteiger partial charge >= 0.3 is 5.97 Å². The quantitative estimate of drug-likeness (QED) is 0.357. The molecule has 4 rings (SSSR count). The molecule has 0 unspecified atom stereocenters. The van der Waals surface area contributed by atoms with Crippen LogP contribution in [0.25, 0.3) is 22.3 Å². The maximum atomic E-state index is 10.7. The third-order valence-corrected chi connectivity index (χ3v) is 5.11. The number of carboxylic acid groups (broad SMARTS) is 1. The van der Waals surface area contributed by atoms with E-state index < -0.39 is 5.97 Å². The van der Waals surface area contributed by atoms with Crippen LogP contribution in [0.2, 0.25) is 0 Å². The summed E-state index contributed by atoms with van der Waals surface area (Å²) in [5.74, 6) is 0.242. The van der Waals surface area contributed by atoms with Crippen molar-refractivity contribution in [2.75, 3.05) is 6.61 Å². The van der Waals surface area contributed by atoms with Crippen molar-refractivity contribution >= 4 is 5.97 Å². The molecule has 4 aromatic carbocycles. The van der Waals surface area contributed by atoms with Gasteiger partial charge in [0.25, 0.3) is 0 Å². The summed E-state index contributed by atoms with van der Waals surface area (Å²) in [4.78, 5) is 10.7. The zero-order valence-corrected chi connectivity index (χ0v) is 17.8. The number of carbonyl (C=O) groups is 1. The number of benzene rings is 4. The molecule has 0 amide bonds. The van der Waals surface area contributed by atoms with Gasteiger partial charge in [0.1, 0.15) is 18.1 Å². The lowest BCUT2D eigenvalue weighted by atomic mass is 9.96. The van der Waals surface area contributed by atoms with Gasteiger partial charge in [0.05, 0.1) is 0 Å². The van der Waals surface area contributed by atoms with Gasteiger partial charge < -0.3 is 14.6 Å². The molecule has 32 heavy (non-hydrogen) atoms. The standard InChI is InChI=1S/C28H24O4/c1-20-14-26(12-13-27(20)32-19-28(29)30)31-18-21-15-24(22-8-4-2-5-9-22)17-25(16-21)23-10-6-3-7-11-23/h2-17H,18-19H2,1H3,(H,29,30).